The molecule has 0 saturated carbocycles. The van der Waals surface area contributed by atoms with Crippen LogP contribution in [0.2, 0.25) is 0 Å². The molecule has 5 heteroatoms. The highest BCUT2D eigenvalue weighted by Crippen LogP contribution is 1.97. The number of nitrogens with one attached hydrogen (secondary N) is 1. The summed E-state index contributed by atoms with van der Waals surface area (Å²) >= 11 is 0. The van der Waals surface area contributed by atoms with Crippen LogP contribution in [0.25, 0.3) is 0 Å². The summed E-state index contributed by atoms with van der Waals surface area (Å²) in [6.07, 6.45) is 2.52. The van der Waals surface area contributed by atoms with Gasteiger partial charge in [-0.25, -0.2) is 0 Å². The molecule has 17 heavy (non-hydrogen) atoms. The monoisotopic (exact) mass is 238 g/mol. The number of aromatic nitrogens is 1. The van der Waals surface area contributed by atoms with E-state index in [4.69, 9.17) is 0 Å². The number of rotatable bonds is 5. The Morgan fingerprint density at radius 1 is 1.59 bits per heavy atom. The van der Waals surface area contributed by atoms with Crippen molar-refractivity contribution >= 4 is 5.91 Å². The Hall–Kier alpha value is -1.62. The fourth-order valence-corrected chi connectivity index (χ4v) is 1.44. The van der Waals surface area contributed by atoms with Gasteiger partial charge in [0.15, 0.2) is 0 Å². The van der Waals surface area contributed by atoms with E-state index >= 15 is 0 Å². The number of aliphatic hydroxyl groups excluding tert-OH is 1. The van der Waals surface area contributed by atoms with Gasteiger partial charge in [-0.15, -0.1) is 0 Å². The lowest BCUT2D eigenvalue weighted by molar-refractivity contribution is 0.0910. The van der Waals surface area contributed by atoms with E-state index in [1.54, 1.807) is 19.3 Å². The molecule has 0 fully saturated rings. The molecular weight excluding hydrogens is 220 g/mol. The van der Waals surface area contributed by atoms with Crippen LogP contribution in [0, 0.1) is 0 Å². The van der Waals surface area contributed by atoms with Crippen molar-refractivity contribution in [3.63, 3.8) is 0 Å². The number of hydrogen-bond donors (Lipinski definition) is 2. The lowest BCUT2D eigenvalue weighted by atomic mass is 10.2. The van der Waals surface area contributed by atoms with E-state index in [2.05, 4.69) is 5.32 Å². The molecule has 0 radical (unpaired) electrons. The van der Waals surface area contributed by atoms with Crippen molar-refractivity contribution in [3.05, 3.63) is 34.2 Å². The normalized spacial score (nSPS) is 12.2. The van der Waals surface area contributed by atoms with Crippen molar-refractivity contribution in [1.29, 1.82) is 0 Å². The minimum Gasteiger partial charge on any atom is -0.391 e. The predicted octanol–water partition coefficient (Wildman–Crippen LogP) is 0.276. The maximum atomic E-state index is 11.6. The van der Waals surface area contributed by atoms with Crippen molar-refractivity contribution in [2.75, 3.05) is 6.54 Å². The second kappa shape index (κ2) is 6.20. The Labute approximate surface area is 100 Å². The zero-order chi connectivity index (χ0) is 12.8. The van der Waals surface area contributed by atoms with Crippen LogP contribution in [-0.4, -0.2) is 28.2 Å². The molecule has 1 aromatic heterocycles. The Morgan fingerprint density at radius 3 is 2.88 bits per heavy atom. The van der Waals surface area contributed by atoms with E-state index in [-0.39, 0.29) is 18.0 Å². The van der Waals surface area contributed by atoms with E-state index in [9.17, 15) is 14.7 Å². The van der Waals surface area contributed by atoms with Crippen molar-refractivity contribution < 1.29 is 9.90 Å². The molecular formula is C12H18N2O3. The zero-order valence-corrected chi connectivity index (χ0v) is 10.1. The number of carbonyl (C=O) groups is 1. The largest absolute Gasteiger partial charge is 0.391 e. The highest BCUT2D eigenvalue weighted by molar-refractivity contribution is 5.93. The molecule has 1 unspecified atom stereocenters. The number of aryl methyl sites for hydroxylation is 1. The number of aliphatic hydroxyl groups is 1. The second-order valence-electron chi connectivity index (χ2n) is 4.02. The third-order valence-corrected chi connectivity index (χ3v) is 2.49. The summed E-state index contributed by atoms with van der Waals surface area (Å²) in [4.78, 5) is 23.0. The van der Waals surface area contributed by atoms with E-state index < -0.39 is 6.10 Å². The molecule has 0 aliphatic rings. The first-order valence-electron chi connectivity index (χ1n) is 5.67. The average Bonchev–Trinajstić information content (AvgIpc) is 2.30. The van der Waals surface area contributed by atoms with Gasteiger partial charge in [0.1, 0.15) is 0 Å². The smallest absolute Gasteiger partial charge is 0.251 e. The summed E-state index contributed by atoms with van der Waals surface area (Å²) in [6.45, 7) is 2.17. The molecule has 1 heterocycles. The van der Waals surface area contributed by atoms with Crippen LogP contribution in [0.1, 0.15) is 30.1 Å². The van der Waals surface area contributed by atoms with Gasteiger partial charge in [0.05, 0.1) is 6.10 Å². The van der Waals surface area contributed by atoms with Gasteiger partial charge >= 0.3 is 0 Å². The average molecular weight is 238 g/mol. The number of nitrogens with zero attached hydrogens (tertiary/aromatic N) is 1. The van der Waals surface area contributed by atoms with Gasteiger partial charge in [-0.1, -0.05) is 13.3 Å². The Morgan fingerprint density at radius 2 is 2.29 bits per heavy atom. The molecule has 1 amide bonds. The predicted molar refractivity (Wildman–Crippen MR) is 64.9 cm³/mol. The molecule has 0 aliphatic heterocycles. The first-order valence-corrected chi connectivity index (χ1v) is 5.67. The van der Waals surface area contributed by atoms with Crippen LogP contribution in [0.15, 0.2) is 23.1 Å². The van der Waals surface area contributed by atoms with Gasteiger partial charge in [0.25, 0.3) is 11.5 Å². The summed E-state index contributed by atoms with van der Waals surface area (Å²) in [6, 6.07) is 2.85. The van der Waals surface area contributed by atoms with Crippen LogP contribution in [0.5, 0.6) is 0 Å². The number of amides is 1. The first kappa shape index (κ1) is 13.4. The Balaban J connectivity index is 2.58. The second-order valence-corrected chi connectivity index (χ2v) is 4.02. The molecule has 0 aliphatic carbocycles. The SMILES string of the molecule is CCCC(O)CNC(=O)c1ccn(C)c(=O)c1. The van der Waals surface area contributed by atoms with Crippen LogP contribution >= 0.6 is 0 Å². The van der Waals surface area contributed by atoms with E-state index in [1.165, 1.54) is 10.6 Å². The molecule has 1 atom stereocenters. The van der Waals surface area contributed by atoms with Crippen LogP contribution in [0.3, 0.4) is 0 Å². The summed E-state index contributed by atoms with van der Waals surface area (Å²) in [5.74, 6) is -0.335. The van der Waals surface area contributed by atoms with Crippen molar-refractivity contribution in [1.82, 2.24) is 9.88 Å². The van der Waals surface area contributed by atoms with Crippen LogP contribution in [-0.2, 0) is 7.05 Å². The first-order chi connectivity index (χ1) is 8.04. The molecule has 94 valence electrons. The topological polar surface area (TPSA) is 71.3 Å². The molecule has 0 aromatic carbocycles. The Bertz CT molecular complexity index is 440. The lowest BCUT2D eigenvalue weighted by Gasteiger charge is -2.10. The van der Waals surface area contributed by atoms with Crippen molar-refractivity contribution in [3.8, 4) is 0 Å². The summed E-state index contributed by atoms with van der Waals surface area (Å²) in [5, 5.41) is 12.1. The molecule has 2 N–H and O–H groups in total. The third kappa shape index (κ3) is 4.03. The number of hydrogen-bond acceptors (Lipinski definition) is 3. The van der Waals surface area contributed by atoms with E-state index in [1.807, 2.05) is 6.92 Å². The van der Waals surface area contributed by atoms with E-state index in [0.29, 0.717) is 12.0 Å². The van der Waals surface area contributed by atoms with Crippen LogP contribution in [0.4, 0.5) is 0 Å². The highest BCUT2D eigenvalue weighted by atomic mass is 16.3. The maximum absolute atomic E-state index is 11.6. The summed E-state index contributed by atoms with van der Waals surface area (Å²) in [7, 11) is 1.62. The fourth-order valence-electron chi connectivity index (χ4n) is 1.44. The van der Waals surface area contributed by atoms with Gasteiger partial charge in [0, 0.05) is 31.4 Å². The van der Waals surface area contributed by atoms with E-state index in [0.717, 1.165) is 6.42 Å². The molecule has 0 saturated heterocycles. The molecule has 1 rings (SSSR count). The quantitative estimate of drug-likeness (QED) is 0.773. The molecule has 1 aromatic rings. The molecule has 0 spiro atoms. The van der Waals surface area contributed by atoms with Gasteiger partial charge in [-0.3, -0.25) is 9.59 Å². The number of pyridine rings is 1. The fraction of sp³-hybridized carbons (Fsp3) is 0.500. The summed E-state index contributed by atoms with van der Waals surface area (Å²) in [5.41, 5.74) is 0.0866. The maximum Gasteiger partial charge on any atom is 0.251 e. The lowest BCUT2D eigenvalue weighted by Crippen LogP contribution is -2.32. The summed E-state index contributed by atoms with van der Waals surface area (Å²) < 4.78 is 1.39. The third-order valence-electron chi connectivity index (χ3n) is 2.49. The minimum atomic E-state index is -0.532. The van der Waals surface area contributed by atoms with Crippen LogP contribution < -0.4 is 10.9 Å². The molecule has 5 nitrogen and oxygen atoms in total. The number of carbonyl (C=O) groups excluding carboxylic acids is 1. The van der Waals surface area contributed by atoms with Gasteiger partial charge in [0.2, 0.25) is 0 Å². The van der Waals surface area contributed by atoms with Gasteiger partial charge in [-0.2, -0.15) is 0 Å². The highest BCUT2D eigenvalue weighted by Gasteiger charge is 2.09. The standard InChI is InChI=1S/C12H18N2O3/c1-3-4-10(15)8-13-12(17)9-5-6-14(2)11(16)7-9/h5-7,10,15H,3-4,8H2,1-2H3,(H,13,17). The van der Waals surface area contributed by atoms with Gasteiger partial charge in [-0.05, 0) is 12.5 Å². The minimum absolute atomic E-state index is 0.210. The van der Waals surface area contributed by atoms with Crippen molar-refractivity contribution in [2.24, 2.45) is 7.05 Å². The Kier molecular flexibility index (Phi) is 4.90. The van der Waals surface area contributed by atoms with Crippen molar-refractivity contribution in [2.45, 2.75) is 25.9 Å². The van der Waals surface area contributed by atoms with Gasteiger partial charge < -0.3 is 15.0 Å². The molecule has 0 bridgehead atoms. The zero-order valence-electron chi connectivity index (χ0n) is 10.1.